The number of benzene rings is 2. The van der Waals surface area contributed by atoms with Gasteiger partial charge in [-0.25, -0.2) is 0 Å². The van der Waals surface area contributed by atoms with Gasteiger partial charge >= 0.3 is 5.97 Å². The lowest BCUT2D eigenvalue weighted by Gasteiger charge is -2.06. The van der Waals surface area contributed by atoms with Gasteiger partial charge in [0.05, 0.1) is 17.3 Å². The van der Waals surface area contributed by atoms with Crippen LogP contribution in [-0.4, -0.2) is 23.6 Å². The van der Waals surface area contributed by atoms with Crippen molar-refractivity contribution < 1.29 is 14.3 Å². The average Bonchev–Trinajstić information content (AvgIpc) is 2.92. The van der Waals surface area contributed by atoms with Crippen molar-refractivity contribution in [2.24, 2.45) is 4.99 Å². The molecule has 25 heavy (non-hydrogen) atoms. The van der Waals surface area contributed by atoms with Gasteiger partial charge in [-0.05, 0) is 43.2 Å². The normalized spacial score (nSPS) is 11.7. The number of fused-ring (bicyclic) bond motifs is 1. The first-order chi connectivity index (χ1) is 12.0. The summed E-state index contributed by atoms with van der Waals surface area (Å²) >= 11 is 1.40. The van der Waals surface area contributed by atoms with Gasteiger partial charge in [0.25, 0.3) is 5.91 Å². The third-order valence-corrected chi connectivity index (χ3v) is 4.87. The first-order valence-corrected chi connectivity index (χ1v) is 8.62. The van der Waals surface area contributed by atoms with Gasteiger partial charge in [-0.15, -0.1) is 0 Å². The molecule has 0 fully saturated rings. The number of hydrogen-bond acceptors (Lipinski definition) is 4. The molecule has 6 heteroatoms. The van der Waals surface area contributed by atoms with Crippen LogP contribution in [0.1, 0.15) is 21.5 Å². The quantitative estimate of drug-likeness (QED) is 0.679. The number of aryl methyl sites for hydroxylation is 2. The molecular formula is C19H18N2O3S. The molecule has 1 aromatic heterocycles. The van der Waals surface area contributed by atoms with E-state index in [4.69, 9.17) is 4.74 Å². The van der Waals surface area contributed by atoms with Crippen LogP contribution < -0.4 is 4.80 Å². The van der Waals surface area contributed by atoms with E-state index in [0.717, 1.165) is 21.3 Å². The minimum absolute atomic E-state index is 0.0152. The predicted octanol–water partition coefficient (Wildman–Crippen LogP) is 3.23. The third-order valence-electron chi connectivity index (χ3n) is 3.84. The molecule has 2 aromatic carbocycles. The number of methoxy groups -OCH3 is 1. The van der Waals surface area contributed by atoms with Crippen molar-refractivity contribution >= 4 is 33.4 Å². The molecule has 5 nitrogen and oxygen atoms in total. The van der Waals surface area contributed by atoms with Crippen LogP contribution in [0.5, 0.6) is 0 Å². The molecule has 3 rings (SSSR count). The maximum Gasteiger partial charge on any atom is 0.325 e. The van der Waals surface area contributed by atoms with Gasteiger partial charge in [0.2, 0.25) is 0 Å². The monoisotopic (exact) mass is 354 g/mol. The Kier molecular flexibility index (Phi) is 4.81. The number of hydrogen-bond donors (Lipinski definition) is 0. The second-order valence-electron chi connectivity index (χ2n) is 5.76. The van der Waals surface area contributed by atoms with E-state index in [1.807, 2.05) is 32.0 Å². The molecule has 128 valence electrons. The van der Waals surface area contributed by atoms with E-state index >= 15 is 0 Å². The Balaban J connectivity index is 2.21. The van der Waals surface area contributed by atoms with Gasteiger partial charge < -0.3 is 9.30 Å². The first kappa shape index (κ1) is 17.1. The molecule has 0 N–H and O–H groups in total. The highest BCUT2D eigenvalue weighted by atomic mass is 32.1. The SMILES string of the molecule is COC(=O)Cn1c(=NC(=O)c2ccccc2)sc2cc(C)cc(C)c21. The van der Waals surface area contributed by atoms with E-state index in [-0.39, 0.29) is 18.4 Å². The second-order valence-corrected chi connectivity index (χ2v) is 6.77. The lowest BCUT2D eigenvalue weighted by Crippen LogP contribution is -2.22. The van der Waals surface area contributed by atoms with Crippen LogP contribution >= 0.6 is 11.3 Å². The van der Waals surface area contributed by atoms with Crippen molar-refractivity contribution in [2.75, 3.05) is 7.11 Å². The van der Waals surface area contributed by atoms with E-state index < -0.39 is 0 Å². The summed E-state index contributed by atoms with van der Waals surface area (Å²) in [5.41, 5.74) is 3.57. The molecule has 0 unspecified atom stereocenters. The summed E-state index contributed by atoms with van der Waals surface area (Å²) in [7, 11) is 1.35. The Morgan fingerprint density at radius 1 is 1.16 bits per heavy atom. The fourth-order valence-corrected chi connectivity index (χ4v) is 3.95. The molecule has 0 saturated carbocycles. The molecule has 0 spiro atoms. The van der Waals surface area contributed by atoms with Crippen LogP contribution in [-0.2, 0) is 16.1 Å². The number of amides is 1. The zero-order valence-corrected chi connectivity index (χ0v) is 15.1. The van der Waals surface area contributed by atoms with E-state index in [9.17, 15) is 9.59 Å². The maximum absolute atomic E-state index is 12.5. The molecule has 0 aliphatic rings. The van der Waals surface area contributed by atoms with Gasteiger partial charge in [0, 0.05) is 5.56 Å². The number of thiazole rings is 1. The van der Waals surface area contributed by atoms with Crippen LogP contribution in [0.3, 0.4) is 0 Å². The number of rotatable bonds is 3. The summed E-state index contributed by atoms with van der Waals surface area (Å²) < 4.78 is 7.54. The lowest BCUT2D eigenvalue weighted by atomic mass is 10.1. The van der Waals surface area contributed by atoms with Crippen molar-refractivity contribution in [3.63, 3.8) is 0 Å². The van der Waals surface area contributed by atoms with Crippen LogP contribution in [0.15, 0.2) is 47.5 Å². The molecule has 0 aliphatic heterocycles. The molecule has 0 radical (unpaired) electrons. The summed E-state index contributed by atoms with van der Waals surface area (Å²) in [6.45, 7) is 4.02. The topological polar surface area (TPSA) is 60.7 Å². The van der Waals surface area contributed by atoms with Crippen molar-refractivity contribution in [3.8, 4) is 0 Å². The van der Waals surface area contributed by atoms with E-state index in [2.05, 4.69) is 4.99 Å². The van der Waals surface area contributed by atoms with E-state index in [0.29, 0.717) is 10.4 Å². The molecule has 1 amide bonds. The smallest absolute Gasteiger partial charge is 0.325 e. The second kappa shape index (κ2) is 7.03. The number of nitrogens with zero attached hydrogens (tertiary/aromatic N) is 2. The standard InChI is InChI=1S/C19H18N2O3S/c1-12-9-13(2)17-15(10-12)25-19(21(17)11-16(22)24-3)20-18(23)14-7-5-4-6-8-14/h4-10H,11H2,1-3H3. The Hall–Kier alpha value is -2.73. The zero-order chi connectivity index (χ0) is 18.0. The third kappa shape index (κ3) is 3.53. The van der Waals surface area contributed by atoms with Crippen molar-refractivity contribution in [1.82, 2.24) is 4.57 Å². The van der Waals surface area contributed by atoms with Crippen molar-refractivity contribution in [3.05, 3.63) is 64.0 Å². The van der Waals surface area contributed by atoms with Gasteiger partial charge in [0.15, 0.2) is 4.80 Å². The predicted molar refractivity (Wildman–Crippen MR) is 97.6 cm³/mol. The van der Waals surface area contributed by atoms with E-state index in [1.54, 1.807) is 28.8 Å². The van der Waals surface area contributed by atoms with Crippen LogP contribution in [0.2, 0.25) is 0 Å². The fraction of sp³-hybridized carbons (Fsp3) is 0.211. The number of ether oxygens (including phenoxy) is 1. The molecule has 0 atom stereocenters. The maximum atomic E-state index is 12.5. The first-order valence-electron chi connectivity index (χ1n) is 7.81. The Morgan fingerprint density at radius 2 is 1.88 bits per heavy atom. The molecule has 0 saturated heterocycles. The minimum atomic E-state index is -0.381. The highest BCUT2D eigenvalue weighted by Gasteiger charge is 2.14. The molecule has 3 aromatic rings. The van der Waals surface area contributed by atoms with Gasteiger partial charge in [0.1, 0.15) is 6.54 Å². The van der Waals surface area contributed by atoms with Gasteiger partial charge in [-0.2, -0.15) is 4.99 Å². The molecule has 1 heterocycles. The van der Waals surface area contributed by atoms with Crippen LogP contribution in [0.25, 0.3) is 10.2 Å². The Labute approximate surface area is 149 Å². The highest BCUT2D eigenvalue weighted by molar-refractivity contribution is 7.16. The van der Waals surface area contributed by atoms with Crippen LogP contribution in [0.4, 0.5) is 0 Å². The summed E-state index contributed by atoms with van der Waals surface area (Å²) in [5, 5.41) is 0. The highest BCUT2D eigenvalue weighted by Crippen LogP contribution is 2.23. The fourth-order valence-electron chi connectivity index (χ4n) is 2.75. The number of esters is 1. The van der Waals surface area contributed by atoms with E-state index in [1.165, 1.54) is 18.4 Å². The number of aromatic nitrogens is 1. The zero-order valence-electron chi connectivity index (χ0n) is 14.3. The lowest BCUT2D eigenvalue weighted by molar-refractivity contribution is -0.141. The summed E-state index contributed by atoms with van der Waals surface area (Å²) in [5.74, 6) is -0.714. The summed E-state index contributed by atoms with van der Waals surface area (Å²) in [6.07, 6.45) is 0. The summed E-state index contributed by atoms with van der Waals surface area (Å²) in [6, 6.07) is 13.0. The summed E-state index contributed by atoms with van der Waals surface area (Å²) in [4.78, 5) is 29.1. The van der Waals surface area contributed by atoms with Gasteiger partial charge in [-0.3, -0.25) is 9.59 Å². The largest absolute Gasteiger partial charge is 0.468 e. The minimum Gasteiger partial charge on any atom is -0.468 e. The number of carbonyl (C=O) groups is 2. The molecule has 0 aliphatic carbocycles. The Morgan fingerprint density at radius 3 is 2.56 bits per heavy atom. The van der Waals surface area contributed by atoms with Gasteiger partial charge in [-0.1, -0.05) is 35.6 Å². The van der Waals surface area contributed by atoms with Crippen molar-refractivity contribution in [1.29, 1.82) is 0 Å². The Bertz CT molecular complexity index is 1020. The molecular weight excluding hydrogens is 336 g/mol. The average molecular weight is 354 g/mol. The van der Waals surface area contributed by atoms with Crippen LogP contribution in [0, 0.1) is 13.8 Å². The van der Waals surface area contributed by atoms with Crippen molar-refractivity contribution in [2.45, 2.75) is 20.4 Å². The number of carbonyl (C=O) groups excluding carboxylic acids is 2. The molecule has 0 bridgehead atoms.